The van der Waals surface area contributed by atoms with Crippen molar-refractivity contribution in [1.82, 2.24) is 0 Å². The van der Waals surface area contributed by atoms with Gasteiger partial charge in [-0.2, -0.15) is 0 Å². The third-order valence-electron chi connectivity index (χ3n) is 2.61. The van der Waals surface area contributed by atoms with Crippen molar-refractivity contribution in [1.29, 1.82) is 0 Å². The van der Waals surface area contributed by atoms with Gasteiger partial charge in [-0.1, -0.05) is 29.3 Å². The van der Waals surface area contributed by atoms with Crippen LogP contribution in [0.3, 0.4) is 0 Å². The van der Waals surface area contributed by atoms with Crippen LogP contribution in [0.25, 0.3) is 0 Å². The Bertz CT molecular complexity index is 319. The number of hydrogen-bond donors (Lipinski definition) is 1. The molecule has 0 saturated heterocycles. The van der Waals surface area contributed by atoms with E-state index in [1.807, 2.05) is 0 Å². The summed E-state index contributed by atoms with van der Waals surface area (Å²) in [4.78, 5) is 0. The first-order valence-corrected chi connectivity index (χ1v) is 6.04. The van der Waals surface area contributed by atoms with E-state index in [1.54, 1.807) is 7.11 Å². The molecule has 1 aromatic rings. The Labute approximate surface area is 104 Å². The van der Waals surface area contributed by atoms with Crippen LogP contribution in [0.15, 0.2) is 18.2 Å². The monoisotopic (exact) mass is 237 g/mol. The van der Waals surface area contributed by atoms with Crippen molar-refractivity contribution in [3.63, 3.8) is 0 Å². The summed E-state index contributed by atoms with van der Waals surface area (Å²) in [6, 6.07) is 6.35. The lowest BCUT2D eigenvalue weighted by Gasteiger charge is -2.14. The molecular formula is C14H23NO2. The molecule has 0 aliphatic heterocycles. The molecule has 3 nitrogen and oxygen atoms in total. The van der Waals surface area contributed by atoms with Crippen LogP contribution in [-0.2, 0) is 9.47 Å². The number of nitrogens with two attached hydrogens (primary N) is 1. The Morgan fingerprint density at radius 3 is 2.35 bits per heavy atom. The molecule has 0 heterocycles. The molecule has 0 bridgehead atoms. The fourth-order valence-electron chi connectivity index (χ4n) is 1.84. The number of aryl methyl sites for hydroxylation is 2. The fourth-order valence-corrected chi connectivity index (χ4v) is 1.84. The third-order valence-corrected chi connectivity index (χ3v) is 2.61. The van der Waals surface area contributed by atoms with Crippen molar-refractivity contribution in [2.75, 3.05) is 26.9 Å². The summed E-state index contributed by atoms with van der Waals surface area (Å²) in [5.41, 5.74) is 9.73. The first-order valence-electron chi connectivity index (χ1n) is 6.04. The van der Waals surface area contributed by atoms with Crippen LogP contribution in [0.4, 0.5) is 0 Å². The van der Waals surface area contributed by atoms with E-state index in [0.29, 0.717) is 13.2 Å². The molecule has 0 aromatic heterocycles. The zero-order valence-electron chi connectivity index (χ0n) is 11.0. The van der Waals surface area contributed by atoms with Crippen molar-refractivity contribution in [3.05, 3.63) is 34.9 Å². The molecule has 0 saturated carbocycles. The predicted molar refractivity (Wildman–Crippen MR) is 70.2 cm³/mol. The molecule has 0 amide bonds. The van der Waals surface area contributed by atoms with E-state index in [4.69, 9.17) is 15.2 Å². The molecule has 0 spiro atoms. The summed E-state index contributed by atoms with van der Waals surface area (Å²) in [5, 5.41) is 0. The standard InChI is InChI=1S/C14H23NO2/c1-11-7-12(2)9-13(8-11)14(15)10-17-6-4-5-16-3/h7-9,14H,4-6,10,15H2,1-3H3. The summed E-state index contributed by atoms with van der Waals surface area (Å²) >= 11 is 0. The van der Waals surface area contributed by atoms with Gasteiger partial charge in [-0.3, -0.25) is 0 Å². The smallest absolute Gasteiger partial charge is 0.0659 e. The molecule has 0 aliphatic carbocycles. The van der Waals surface area contributed by atoms with Gasteiger partial charge in [0.25, 0.3) is 0 Å². The minimum Gasteiger partial charge on any atom is -0.385 e. The highest BCUT2D eigenvalue weighted by molar-refractivity contribution is 5.30. The van der Waals surface area contributed by atoms with Crippen LogP contribution in [0.5, 0.6) is 0 Å². The van der Waals surface area contributed by atoms with Gasteiger partial charge in [-0.15, -0.1) is 0 Å². The van der Waals surface area contributed by atoms with Gasteiger partial charge < -0.3 is 15.2 Å². The Morgan fingerprint density at radius 1 is 1.12 bits per heavy atom. The zero-order chi connectivity index (χ0) is 12.7. The van der Waals surface area contributed by atoms with Gasteiger partial charge in [0, 0.05) is 20.3 Å². The van der Waals surface area contributed by atoms with Gasteiger partial charge >= 0.3 is 0 Å². The van der Waals surface area contributed by atoms with Crippen LogP contribution in [0.2, 0.25) is 0 Å². The molecule has 1 unspecified atom stereocenters. The Hall–Kier alpha value is -0.900. The number of benzene rings is 1. The zero-order valence-corrected chi connectivity index (χ0v) is 11.0. The molecule has 96 valence electrons. The highest BCUT2D eigenvalue weighted by atomic mass is 16.5. The molecule has 3 heteroatoms. The normalized spacial score (nSPS) is 12.7. The van der Waals surface area contributed by atoms with E-state index in [2.05, 4.69) is 32.0 Å². The number of ether oxygens (including phenoxy) is 2. The maximum atomic E-state index is 6.09. The molecule has 1 atom stereocenters. The van der Waals surface area contributed by atoms with E-state index < -0.39 is 0 Å². The average molecular weight is 237 g/mol. The van der Waals surface area contributed by atoms with E-state index in [0.717, 1.165) is 18.6 Å². The number of rotatable bonds is 7. The highest BCUT2D eigenvalue weighted by Gasteiger charge is 2.07. The van der Waals surface area contributed by atoms with E-state index in [-0.39, 0.29) is 6.04 Å². The topological polar surface area (TPSA) is 44.5 Å². The second-order valence-corrected chi connectivity index (χ2v) is 4.45. The van der Waals surface area contributed by atoms with E-state index in [1.165, 1.54) is 11.1 Å². The van der Waals surface area contributed by atoms with Crippen LogP contribution >= 0.6 is 0 Å². The van der Waals surface area contributed by atoms with Gasteiger partial charge in [0.05, 0.1) is 12.6 Å². The van der Waals surface area contributed by atoms with Crippen LogP contribution < -0.4 is 5.73 Å². The predicted octanol–water partition coefficient (Wildman–Crippen LogP) is 2.36. The molecule has 2 N–H and O–H groups in total. The van der Waals surface area contributed by atoms with Crippen molar-refractivity contribution in [3.8, 4) is 0 Å². The lowest BCUT2D eigenvalue weighted by atomic mass is 10.0. The van der Waals surface area contributed by atoms with Gasteiger partial charge in [0.15, 0.2) is 0 Å². The lowest BCUT2D eigenvalue weighted by molar-refractivity contribution is 0.0940. The summed E-state index contributed by atoms with van der Waals surface area (Å²) in [7, 11) is 1.70. The Kier molecular flexibility index (Phi) is 6.19. The largest absolute Gasteiger partial charge is 0.385 e. The van der Waals surface area contributed by atoms with Gasteiger partial charge in [-0.25, -0.2) is 0 Å². The summed E-state index contributed by atoms with van der Waals surface area (Å²) in [6.45, 7) is 6.17. The van der Waals surface area contributed by atoms with Crippen LogP contribution in [0, 0.1) is 13.8 Å². The molecule has 1 aromatic carbocycles. The molecular weight excluding hydrogens is 214 g/mol. The summed E-state index contributed by atoms with van der Waals surface area (Å²) < 4.78 is 10.5. The Morgan fingerprint density at radius 2 is 1.76 bits per heavy atom. The molecule has 17 heavy (non-hydrogen) atoms. The van der Waals surface area contributed by atoms with Crippen LogP contribution in [-0.4, -0.2) is 26.9 Å². The Balaban J connectivity index is 2.38. The van der Waals surface area contributed by atoms with Crippen molar-refractivity contribution in [2.24, 2.45) is 5.73 Å². The van der Waals surface area contributed by atoms with Gasteiger partial charge in [0.1, 0.15) is 0 Å². The van der Waals surface area contributed by atoms with Gasteiger partial charge in [-0.05, 0) is 25.8 Å². The quantitative estimate of drug-likeness (QED) is 0.740. The lowest BCUT2D eigenvalue weighted by Crippen LogP contribution is -2.18. The minimum atomic E-state index is -0.0452. The number of hydrogen-bond acceptors (Lipinski definition) is 3. The second-order valence-electron chi connectivity index (χ2n) is 4.45. The highest BCUT2D eigenvalue weighted by Crippen LogP contribution is 2.15. The summed E-state index contributed by atoms with van der Waals surface area (Å²) in [5.74, 6) is 0. The van der Waals surface area contributed by atoms with Crippen molar-refractivity contribution >= 4 is 0 Å². The minimum absolute atomic E-state index is 0.0452. The van der Waals surface area contributed by atoms with Crippen molar-refractivity contribution in [2.45, 2.75) is 26.3 Å². The molecule has 0 fully saturated rings. The maximum absolute atomic E-state index is 6.09. The fraction of sp³-hybridized carbons (Fsp3) is 0.571. The number of methoxy groups -OCH3 is 1. The summed E-state index contributed by atoms with van der Waals surface area (Å²) in [6.07, 6.45) is 0.913. The third kappa shape index (κ3) is 5.31. The van der Waals surface area contributed by atoms with E-state index in [9.17, 15) is 0 Å². The molecule has 0 aliphatic rings. The second kappa shape index (κ2) is 7.43. The van der Waals surface area contributed by atoms with Crippen LogP contribution in [0.1, 0.15) is 29.2 Å². The first-order chi connectivity index (χ1) is 8.13. The van der Waals surface area contributed by atoms with Gasteiger partial charge in [0.2, 0.25) is 0 Å². The average Bonchev–Trinajstić information content (AvgIpc) is 2.27. The molecule has 1 rings (SSSR count). The maximum Gasteiger partial charge on any atom is 0.0659 e. The van der Waals surface area contributed by atoms with Crippen molar-refractivity contribution < 1.29 is 9.47 Å². The van der Waals surface area contributed by atoms with E-state index >= 15 is 0 Å². The molecule has 0 radical (unpaired) electrons. The SMILES string of the molecule is COCCCOCC(N)c1cc(C)cc(C)c1. The first kappa shape index (κ1) is 14.2.